The van der Waals surface area contributed by atoms with Gasteiger partial charge in [0.05, 0.1) is 14.2 Å². The summed E-state index contributed by atoms with van der Waals surface area (Å²) in [4.78, 5) is 0.872. The number of oxime groups is 1. The van der Waals surface area contributed by atoms with Gasteiger partial charge in [-0.15, -0.1) is 11.3 Å². The number of rotatable bonds is 6. The summed E-state index contributed by atoms with van der Waals surface area (Å²) in [5.74, 6) is -0.141. The molecule has 0 spiro atoms. The van der Waals surface area contributed by atoms with E-state index in [0.29, 0.717) is 17.7 Å². The second-order valence-electron chi connectivity index (χ2n) is 4.35. The predicted octanol–water partition coefficient (Wildman–Crippen LogP) is 2.40. The summed E-state index contributed by atoms with van der Waals surface area (Å²) in [5.41, 5.74) is 4.58. The third-order valence-electron chi connectivity index (χ3n) is 3.27. The van der Waals surface area contributed by atoms with E-state index in [1.807, 2.05) is 0 Å². The Bertz CT molecular complexity index is 606. The van der Waals surface area contributed by atoms with Gasteiger partial charge in [-0.1, -0.05) is 19.0 Å². The molecule has 0 aliphatic rings. The molecule has 9 heteroatoms. The van der Waals surface area contributed by atoms with Gasteiger partial charge in [0, 0.05) is 4.88 Å². The second kappa shape index (κ2) is 6.42. The summed E-state index contributed by atoms with van der Waals surface area (Å²) >= 11 is 4.61. The van der Waals surface area contributed by atoms with Gasteiger partial charge in [-0.2, -0.15) is 4.72 Å². The van der Waals surface area contributed by atoms with Crippen molar-refractivity contribution in [2.45, 2.75) is 44.0 Å². The van der Waals surface area contributed by atoms with Crippen LogP contribution in [0.1, 0.15) is 31.6 Å². The molecule has 114 valence electrons. The zero-order chi connectivity index (χ0) is 15.6. The first kappa shape index (κ1) is 17.4. The average molecular weight is 384 g/mol. The highest BCUT2D eigenvalue weighted by Gasteiger charge is 2.37. The Hall–Kier alpha value is -0.640. The smallest absolute Gasteiger partial charge is 0.242 e. The standard InChI is InChI=1S/C11H18BrN3O3S2/c1-4-11(5-2,10(13)14-16)15-20(17,18)8-6-9(12)19-7(8)3/h6,15-16H,4-5H2,1-3H3,(H2,13,14). The second-order valence-corrected chi connectivity index (χ2v) is 8.64. The van der Waals surface area contributed by atoms with Crippen molar-refractivity contribution in [2.24, 2.45) is 10.9 Å². The quantitative estimate of drug-likeness (QED) is 0.303. The zero-order valence-corrected chi connectivity index (χ0v) is 14.7. The maximum absolute atomic E-state index is 12.5. The number of nitrogens with two attached hydrogens (primary N) is 1. The van der Waals surface area contributed by atoms with Crippen molar-refractivity contribution in [3.8, 4) is 0 Å². The van der Waals surface area contributed by atoms with Crippen molar-refractivity contribution in [3.05, 3.63) is 14.7 Å². The molecule has 1 rings (SSSR count). The summed E-state index contributed by atoms with van der Waals surface area (Å²) in [6, 6.07) is 1.55. The van der Waals surface area contributed by atoms with Crippen LogP contribution in [0.25, 0.3) is 0 Å². The monoisotopic (exact) mass is 383 g/mol. The van der Waals surface area contributed by atoms with Gasteiger partial charge in [0.15, 0.2) is 5.84 Å². The highest BCUT2D eigenvalue weighted by atomic mass is 79.9. The van der Waals surface area contributed by atoms with Gasteiger partial charge in [-0.05, 0) is 41.8 Å². The average Bonchev–Trinajstić information content (AvgIpc) is 2.75. The summed E-state index contributed by atoms with van der Waals surface area (Å²) in [6.45, 7) is 5.29. The lowest BCUT2D eigenvalue weighted by Crippen LogP contribution is -2.56. The fraction of sp³-hybridized carbons (Fsp3) is 0.545. The van der Waals surface area contributed by atoms with E-state index in [-0.39, 0.29) is 10.7 Å². The molecule has 0 aliphatic carbocycles. The maximum Gasteiger partial charge on any atom is 0.242 e. The Kier molecular flexibility index (Phi) is 5.59. The number of sulfonamides is 1. The van der Waals surface area contributed by atoms with Crippen LogP contribution in [-0.2, 0) is 10.0 Å². The molecule has 0 atom stereocenters. The van der Waals surface area contributed by atoms with Crippen LogP contribution < -0.4 is 10.5 Å². The summed E-state index contributed by atoms with van der Waals surface area (Å²) in [5, 5.41) is 11.9. The number of thiophene rings is 1. The van der Waals surface area contributed by atoms with Crippen molar-refractivity contribution in [1.29, 1.82) is 0 Å². The molecule has 1 heterocycles. The van der Waals surface area contributed by atoms with E-state index in [2.05, 4.69) is 25.8 Å². The zero-order valence-electron chi connectivity index (χ0n) is 11.5. The molecule has 0 aliphatic heterocycles. The number of amidine groups is 1. The Labute approximate surface area is 131 Å². The van der Waals surface area contributed by atoms with E-state index in [1.54, 1.807) is 26.8 Å². The minimum Gasteiger partial charge on any atom is -0.409 e. The van der Waals surface area contributed by atoms with Crippen molar-refractivity contribution in [2.75, 3.05) is 0 Å². The molecule has 0 unspecified atom stereocenters. The molecule has 1 aromatic rings. The first-order valence-electron chi connectivity index (χ1n) is 6.00. The molecule has 0 radical (unpaired) electrons. The first-order chi connectivity index (χ1) is 9.22. The van der Waals surface area contributed by atoms with Crippen LogP contribution in [0.3, 0.4) is 0 Å². The van der Waals surface area contributed by atoms with Crippen LogP contribution in [-0.4, -0.2) is 25.0 Å². The lowest BCUT2D eigenvalue weighted by molar-refractivity contribution is 0.307. The largest absolute Gasteiger partial charge is 0.409 e. The number of aryl methyl sites for hydroxylation is 1. The maximum atomic E-state index is 12.5. The minimum absolute atomic E-state index is 0.141. The van der Waals surface area contributed by atoms with Gasteiger partial charge >= 0.3 is 0 Å². The summed E-state index contributed by atoms with van der Waals surface area (Å²) in [7, 11) is -3.75. The molecular formula is C11H18BrN3O3S2. The summed E-state index contributed by atoms with van der Waals surface area (Å²) in [6.07, 6.45) is 0.756. The number of hydrogen-bond donors (Lipinski definition) is 3. The van der Waals surface area contributed by atoms with Crippen molar-refractivity contribution < 1.29 is 13.6 Å². The highest BCUT2D eigenvalue weighted by molar-refractivity contribution is 9.11. The lowest BCUT2D eigenvalue weighted by atomic mass is 9.93. The third kappa shape index (κ3) is 3.33. The van der Waals surface area contributed by atoms with Crippen LogP contribution in [0.2, 0.25) is 0 Å². The first-order valence-corrected chi connectivity index (χ1v) is 9.09. The number of nitrogens with one attached hydrogen (secondary N) is 1. The van der Waals surface area contributed by atoms with Gasteiger partial charge < -0.3 is 10.9 Å². The summed E-state index contributed by atoms with van der Waals surface area (Å²) < 4.78 is 28.3. The normalized spacial score (nSPS) is 13.7. The molecule has 0 saturated carbocycles. The van der Waals surface area contributed by atoms with Gasteiger partial charge in [0.1, 0.15) is 0 Å². The van der Waals surface area contributed by atoms with Gasteiger partial charge in [0.25, 0.3) is 0 Å². The molecule has 0 amide bonds. The fourth-order valence-electron chi connectivity index (χ4n) is 1.91. The van der Waals surface area contributed by atoms with Gasteiger partial charge in [-0.25, -0.2) is 8.42 Å². The molecule has 0 bridgehead atoms. The Balaban J connectivity index is 3.26. The van der Waals surface area contributed by atoms with Gasteiger partial charge in [0.2, 0.25) is 10.0 Å². The molecular weight excluding hydrogens is 366 g/mol. The van der Waals surface area contributed by atoms with E-state index in [9.17, 15) is 8.42 Å². The van der Waals surface area contributed by atoms with E-state index in [1.165, 1.54) is 11.3 Å². The van der Waals surface area contributed by atoms with Crippen molar-refractivity contribution in [3.63, 3.8) is 0 Å². The number of halogens is 1. The number of nitrogens with zero attached hydrogens (tertiary/aromatic N) is 1. The Morgan fingerprint density at radius 2 is 2.10 bits per heavy atom. The van der Waals surface area contributed by atoms with Crippen LogP contribution in [0.15, 0.2) is 19.9 Å². The van der Waals surface area contributed by atoms with E-state index >= 15 is 0 Å². The molecule has 0 saturated heterocycles. The predicted molar refractivity (Wildman–Crippen MR) is 83.8 cm³/mol. The van der Waals surface area contributed by atoms with Crippen molar-refractivity contribution in [1.82, 2.24) is 4.72 Å². The van der Waals surface area contributed by atoms with Crippen LogP contribution in [0.5, 0.6) is 0 Å². The molecule has 4 N–H and O–H groups in total. The fourth-order valence-corrected chi connectivity index (χ4v) is 5.85. The molecule has 0 aromatic carbocycles. The molecule has 20 heavy (non-hydrogen) atoms. The third-order valence-corrected chi connectivity index (χ3v) is 6.61. The van der Waals surface area contributed by atoms with E-state index in [0.717, 1.165) is 3.79 Å². The lowest BCUT2D eigenvalue weighted by Gasteiger charge is -2.30. The highest BCUT2D eigenvalue weighted by Crippen LogP contribution is 2.31. The Morgan fingerprint density at radius 3 is 2.45 bits per heavy atom. The van der Waals surface area contributed by atoms with Crippen LogP contribution in [0.4, 0.5) is 0 Å². The van der Waals surface area contributed by atoms with E-state index in [4.69, 9.17) is 10.9 Å². The SMILES string of the molecule is CCC(CC)(NS(=O)(=O)c1cc(Br)sc1C)/C(N)=N/O. The van der Waals surface area contributed by atoms with Crippen LogP contribution >= 0.6 is 27.3 Å². The topological polar surface area (TPSA) is 105 Å². The van der Waals surface area contributed by atoms with Gasteiger partial charge in [-0.3, -0.25) is 0 Å². The minimum atomic E-state index is -3.75. The molecule has 0 fully saturated rings. The van der Waals surface area contributed by atoms with E-state index < -0.39 is 15.6 Å². The Morgan fingerprint density at radius 1 is 1.55 bits per heavy atom. The van der Waals surface area contributed by atoms with Crippen molar-refractivity contribution >= 4 is 43.1 Å². The number of hydrogen-bond acceptors (Lipinski definition) is 5. The molecule has 1 aromatic heterocycles. The molecule has 6 nitrogen and oxygen atoms in total. The van der Waals surface area contributed by atoms with Crippen LogP contribution in [0, 0.1) is 6.92 Å².